The van der Waals surface area contributed by atoms with E-state index in [2.05, 4.69) is 5.32 Å². The van der Waals surface area contributed by atoms with Gasteiger partial charge in [0.05, 0.1) is 30.4 Å². The summed E-state index contributed by atoms with van der Waals surface area (Å²) in [6.45, 7) is 0. The van der Waals surface area contributed by atoms with Crippen LogP contribution in [-0.2, 0) is 0 Å². The molecule has 3 aromatic carbocycles. The molecule has 5 nitrogen and oxygen atoms in total. The SMILES string of the molecule is COc1cccc(C(=O)Nc2nc(-c3ccccc3)c(-c3ccccc3)s2)c1OC. The van der Waals surface area contributed by atoms with Gasteiger partial charge in [0.1, 0.15) is 0 Å². The van der Waals surface area contributed by atoms with E-state index in [0.29, 0.717) is 22.2 Å². The summed E-state index contributed by atoms with van der Waals surface area (Å²) in [5.41, 5.74) is 3.26. The summed E-state index contributed by atoms with van der Waals surface area (Å²) in [5, 5.41) is 3.43. The number of hydrogen-bond acceptors (Lipinski definition) is 5. The average molecular weight is 417 g/mol. The van der Waals surface area contributed by atoms with Gasteiger partial charge in [0, 0.05) is 5.56 Å². The molecule has 1 N–H and O–H groups in total. The Morgan fingerprint density at radius 3 is 2.13 bits per heavy atom. The fourth-order valence-corrected chi connectivity index (χ4v) is 4.17. The normalized spacial score (nSPS) is 10.5. The quantitative estimate of drug-likeness (QED) is 0.435. The molecule has 0 fully saturated rings. The average Bonchev–Trinajstić information content (AvgIpc) is 3.23. The van der Waals surface area contributed by atoms with Gasteiger partial charge in [0.25, 0.3) is 5.91 Å². The van der Waals surface area contributed by atoms with E-state index in [9.17, 15) is 4.79 Å². The maximum Gasteiger partial charge on any atom is 0.261 e. The van der Waals surface area contributed by atoms with Crippen molar-refractivity contribution in [2.24, 2.45) is 0 Å². The molecular formula is C24H20N2O3S. The Morgan fingerprint density at radius 2 is 1.50 bits per heavy atom. The predicted octanol–water partition coefficient (Wildman–Crippen LogP) is 5.75. The van der Waals surface area contributed by atoms with Gasteiger partial charge < -0.3 is 9.47 Å². The van der Waals surface area contributed by atoms with E-state index in [1.807, 2.05) is 60.7 Å². The van der Waals surface area contributed by atoms with Crippen molar-refractivity contribution in [3.05, 3.63) is 84.4 Å². The molecular weight excluding hydrogens is 396 g/mol. The Balaban J connectivity index is 1.73. The summed E-state index contributed by atoms with van der Waals surface area (Å²) in [4.78, 5) is 18.7. The Bertz CT molecular complexity index is 1100. The number of hydrogen-bond donors (Lipinski definition) is 1. The van der Waals surface area contributed by atoms with Gasteiger partial charge in [0.2, 0.25) is 0 Å². The smallest absolute Gasteiger partial charge is 0.261 e. The van der Waals surface area contributed by atoms with Gasteiger partial charge in [-0.15, -0.1) is 0 Å². The van der Waals surface area contributed by atoms with Crippen molar-refractivity contribution in [1.82, 2.24) is 4.98 Å². The molecule has 0 saturated carbocycles. The minimum Gasteiger partial charge on any atom is -0.493 e. The van der Waals surface area contributed by atoms with Crippen molar-refractivity contribution >= 4 is 22.4 Å². The van der Waals surface area contributed by atoms with Crippen LogP contribution in [0.5, 0.6) is 11.5 Å². The summed E-state index contributed by atoms with van der Waals surface area (Å²) < 4.78 is 10.7. The Morgan fingerprint density at radius 1 is 0.833 bits per heavy atom. The zero-order valence-electron chi connectivity index (χ0n) is 16.6. The number of nitrogens with zero attached hydrogens (tertiary/aromatic N) is 1. The molecule has 0 aliphatic rings. The van der Waals surface area contributed by atoms with Gasteiger partial charge in [-0.2, -0.15) is 0 Å². The zero-order chi connectivity index (χ0) is 20.9. The third-order valence-electron chi connectivity index (χ3n) is 4.58. The lowest BCUT2D eigenvalue weighted by molar-refractivity contribution is 0.102. The molecule has 6 heteroatoms. The summed E-state index contributed by atoms with van der Waals surface area (Å²) in [6, 6.07) is 25.2. The van der Waals surface area contributed by atoms with Crippen LogP contribution in [-0.4, -0.2) is 25.1 Å². The summed E-state index contributed by atoms with van der Waals surface area (Å²) in [6.07, 6.45) is 0. The third kappa shape index (κ3) is 3.90. The van der Waals surface area contributed by atoms with Gasteiger partial charge in [-0.3, -0.25) is 10.1 Å². The number of amides is 1. The van der Waals surface area contributed by atoms with Crippen LogP contribution in [0.4, 0.5) is 5.13 Å². The lowest BCUT2D eigenvalue weighted by atomic mass is 10.1. The fourth-order valence-electron chi connectivity index (χ4n) is 3.18. The van der Waals surface area contributed by atoms with E-state index in [1.54, 1.807) is 25.3 Å². The van der Waals surface area contributed by atoms with Crippen molar-refractivity contribution < 1.29 is 14.3 Å². The minimum atomic E-state index is -0.307. The van der Waals surface area contributed by atoms with Gasteiger partial charge >= 0.3 is 0 Å². The number of anilines is 1. The number of aromatic nitrogens is 1. The maximum atomic E-state index is 13.0. The highest BCUT2D eigenvalue weighted by Gasteiger charge is 2.20. The molecule has 0 aliphatic heterocycles. The van der Waals surface area contributed by atoms with Crippen LogP contribution in [0.3, 0.4) is 0 Å². The number of benzene rings is 3. The second-order valence-electron chi connectivity index (χ2n) is 6.42. The van der Waals surface area contributed by atoms with Crippen LogP contribution >= 0.6 is 11.3 Å². The first-order valence-electron chi connectivity index (χ1n) is 9.35. The predicted molar refractivity (Wildman–Crippen MR) is 120 cm³/mol. The maximum absolute atomic E-state index is 13.0. The second-order valence-corrected chi connectivity index (χ2v) is 7.42. The number of para-hydroxylation sites is 1. The molecule has 0 spiro atoms. The van der Waals surface area contributed by atoms with Crippen LogP contribution in [0, 0.1) is 0 Å². The molecule has 1 amide bonds. The molecule has 0 bridgehead atoms. The number of methoxy groups -OCH3 is 2. The Kier molecular flexibility index (Phi) is 5.77. The van der Waals surface area contributed by atoms with E-state index >= 15 is 0 Å². The van der Waals surface area contributed by atoms with Crippen molar-refractivity contribution in [3.8, 4) is 33.2 Å². The van der Waals surface area contributed by atoms with Crippen molar-refractivity contribution in [2.75, 3.05) is 19.5 Å². The Hall–Kier alpha value is -3.64. The molecule has 4 rings (SSSR count). The molecule has 1 aromatic heterocycles. The first-order chi connectivity index (χ1) is 14.7. The molecule has 1 heterocycles. The highest BCUT2D eigenvalue weighted by Crippen LogP contribution is 2.39. The van der Waals surface area contributed by atoms with Crippen molar-refractivity contribution in [3.63, 3.8) is 0 Å². The summed E-state index contributed by atoms with van der Waals surface area (Å²) in [5.74, 6) is 0.582. The second kappa shape index (κ2) is 8.80. The van der Waals surface area contributed by atoms with Gasteiger partial charge in [0.15, 0.2) is 16.6 Å². The summed E-state index contributed by atoms with van der Waals surface area (Å²) >= 11 is 1.44. The molecule has 0 unspecified atom stereocenters. The van der Waals surface area contributed by atoms with Crippen LogP contribution < -0.4 is 14.8 Å². The monoisotopic (exact) mass is 416 g/mol. The van der Waals surface area contributed by atoms with E-state index in [-0.39, 0.29) is 5.91 Å². The van der Waals surface area contributed by atoms with Gasteiger partial charge in [-0.1, -0.05) is 78.1 Å². The number of carbonyl (C=O) groups is 1. The largest absolute Gasteiger partial charge is 0.493 e. The van der Waals surface area contributed by atoms with Crippen LogP contribution in [0.25, 0.3) is 21.7 Å². The number of thiazole rings is 1. The van der Waals surface area contributed by atoms with E-state index < -0.39 is 0 Å². The van der Waals surface area contributed by atoms with Crippen LogP contribution in [0.1, 0.15) is 10.4 Å². The Labute approximate surface area is 178 Å². The van der Waals surface area contributed by atoms with Gasteiger partial charge in [-0.25, -0.2) is 4.98 Å². The number of ether oxygens (including phenoxy) is 2. The molecule has 4 aromatic rings. The lowest BCUT2D eigenvalue weighted by Crippen LogP contribution is -2.13. The summed E-state index contributed by atoms with van der Waals surface area (Å²) in [7, 11) is 3.05. The topological polar surface area (TPSA) is 60.5 Å². The lowest BCUT2D eigenvalue weighted by Gasteiger charge is -2.11. The minimum absolute atomic E-state index is 0.307. The molecule has 0 aliphatic carbocycles. The molecule has 30 heavy (non-hydrogen) atoms. The zero-order valence-corrected chi connectivity index (χ0v) is 17.4. The third-order valence-corrected chi connectivity index (χ3v) is 5.60. The van der Waals surface area contributed by atoms with Crippen molar-refractivity contribution in [1.29, 1.82) is 0 Å². The van der Waals surface area contributed by atoms with E-state index in [4.69, 9.17) is 14.5 Å². The van der Waals surface area contributed by atoms with Crippen LogP contribution in [0.15, 0.2) is 78.9 Å². The number of nitrogens with one attached hydrogen (secondary N) is 1. The van der Waals surface area contributed by atoms with Gasteiger partial charge in [-0.05, 0) is 17.7 Å². The number of carbonyl (C=O) groups excluding carboxylic acids is 1. The highest BCUT2D eigenvalue weighted by atomic mass is 32.1. The molecule has 150 valence electrons. The molecule has 0 atom stereocenters. The first kappa shape index (κ1) is 19.7. The van der Waals surface area contributed by atoms with Crippen LogP contribution in [0.2, 0.25) is 0 Å². The number of rotatable bonds is 6. The first-order valence-corrected chi connectivity index (χ1v) is 10.2. The standard InChI is InChI=1S/C24H20N2O3S/c1-28-19-15-9-14-18(21(19)29-2)23(27)26-24-25-20(16-10-5-3-6-11-16)22(30-24)17-12-7-4-8-13-17/h3-15H,1-2H3,(H,25,26,27). The highest BCUT2D eigenvalue weighted by molar-refractivity contribution is 7.19. The fraction of sp³-hybridized carbons (Fsp3) is 0.0833. The van der Waals surface area contributed by atoms with E-state index in [0.717, 1.165) is 21.7 Å². The molecule has 0 saturated heterocycles. The molecule has 0 radical (unpaired) electrons. The van der Waals surface area contributed by atoms with Crippen molar-refractivity contribution in [2.45, 2.75) is 0 Å². The van der Waals surface area contributed by atoms with E-state index in [1.165, 1.54) is 18.4 Å².